The molecule has 1 unspecified atom stereocenters. The number of aryl methyl sites for hydroxylation is 3. The van der Waals surface area contributed by atoms with Crippen LogP contribution in [0, 0.1) is 48.9 Å². The summed E-state index contributed by atoms with van der Waals surface area (Å²) in [7, 11) is 0. The van der Waals surface area contributed by atoms with Gasteiger partial charge in [-0.1, -0.05) is 83.6 Å². The number of nitrogens with zero attached hydrogens (tertiary/aromatic N) is 3. The van der Waals surface area contributed by atoms with Crippen LogP contribution in [0.3, 0.4) is 0 Å². The molecule has 3 fully saturated rings. The molecule has 1 aliphatic heterocycles. The molecule has 10 heteroatoms. The lowest BCUT2D eigenvalue weighted by molar-refractivity contribution is -0.146. The van der Waals surface area contributed by atoms with Crippen molar-refractivity contribution < 1.29 is 28.8 Å². The molecule has 0 bridgehead atoms. The van der Waals surface area contributed by atoms with Crippen molar-refractivity contribution in [3.8, 4) is 0 Å². The number of carbonyl (C=O) groups excluding carboxylic acids is 6. The van der Waals surface area contributed by atoms with E-state index < -0.39 is 40.9 Å². The van der Waals surface area contributed by atoms with Crippen LogP contribution < -0.4 is 5.32 Å². The first-order valence-corrected chi connectivity index (χ1v) is 20.8. The Labute approximate surface area is 327 Å². The van der Waals surface area contributed by atoms with Crippen LogP contribution in [-0.2, 0) is 30.4 Å². The summed E-state index contributed by atoms with van der Waals surface area (Å²) in [6, 6.07) is 4.42. The van der Waals surface area contributed by atoms with Gasteiger partial charge in [-0.2, -0.15) is 0 Å². The third-order valence-corrected chi connectivity index (χ3v) is 12.6. The average molecular weight is 755 g/mol. The Balaban J connectivity index is 1.33. The third kappa shape index (κ3) is 10.4. The normalized spacial score (nSPS) is 21.7. The molecule has 0 spiro atoms. The smallest absolute Gasteiger partial charge is 0.246 e. The van der Waals surface area contributed by atoms with Crippen LogP contribution in [-0.4, -0.2) is 68.4 Å². The van der Waals surface area contributed by atoms with Crippen molar-refractivity contribution >= 4 is 34.9 Å². The third-order valence-electron chi connectivity index (χ3n) is 12.6. The number of rotatable bonds is 17. The maximum Gasteiger partial charge on any atom is 0.246 e. The van der Waals surface area contributed by atoms with E-state index in [0.29, 0.717) is 25.8 Å². The number of carbonyl (C=O) groups is 6. The van der Waals surface area contributed by atoms with E-state index in [9.17, 15) is 28.8 Å². The van der Waals surface area contributed by atoms with Crippen LogP contribution in [0.15, 0.2) is 36.8 Å². The number of likely N-dealkylation sites (tertiary alicyclic amines) is 1. The lowest BCUT2D eigenvalue weighted by Gasteiger charge is -2.38. The predicted octanol–water partition coefficient (Wildman–Crippen LogP) is 7.17. The van der Waals surface area contributed by atoms with E-state index in [1.165, 1.54) is 18.6 Å². The second kappa shape index (κ2) is 18.7. The summed E-state index contributed by atoms with van der Waals surface area (Å²) in [4.78, 5) is 93.8. The van der Waals surface area contributed by atoms with Crippen LogP contribution in [0.25, 0.3) is 0 Å². The maximum absolute atomic E-state index is 14.8. The fourth-order valence-corrected chi connectivity index (χ4v) is 9.53. The first kappa shape index (κ1) is 42.1. The van der Waals surface area contributed by atoms with Gasteiger partial charge in [-0.05, 0) is 86.7 Å². The van der Waals surface area contributed by atoms with Gasteiger partial charge >= 0.3 is 0 Å². The standard InChI is InChI=1S/C45H62N4O6/c1-7-12-32(41(53)37(50)20-19-30-18-17-28(2)23-29(30)3)24-39(52)40-34-16-11-15-33(34)27-49(40)44(55)42(45(4,5)6)48-43(54)35(31-13-9-8-10-14-31)25-38(51)36-26-46-21-22-47-36/h17-18,21-23,26,31-35,40,42H,7-16,19-20,24-25,27H2,1-6H3,(H,48,54)/t32-,33?,34+,35+,40+,42-/m1/s1. The van der Waals surface area contributed by atoms with Crippen LogP contribution in [0.5, 0.6) is 0 Å². The topological polar surface area (TPSA) is 143 Å². The van der Waals surface area contributed by atoms with Crippen LogP contribution in [0.4, 0.5) is 0 Å². The molecule has 2 aromatic rings. The quantitative estimate of drug-likeness (QED) is 0.132. The molecule has 2 saturated carbocycles. The van der Waals surface area contributed by atoms with E-state index in [0.717, 1.165) is 68.1 Å². The minimum atomic E-state index is -0.938. The fraction of sp³-hybridized carbons (Fsp3) is 0.644. The molecular weight excluding hydrogens is 693 g/mol. The lowest BCUT2D eigenvalue weighted by atomic mass is 9.76. The van der Waals surface area contributed by atoms with Gasteiger partial charge in [-0.15, -0.1) is 0 Å². The molecule has 1 saturated heterocycles. The predicted molar refractivity (Wildman–Crippen MR) is 211 cm³/mol. The highest BCUT2D eigenvalue weighted by molar-refractivity contribution is 6.38. The second-order valence-corrected chi connectivity index (χ2v) is 17.7. The van der Waals surface area contributed by atoms with Crippen molar-refractivity contribution in [3.05, 3.63) is 59.2 Å². The summed E-state index contributed by atoms with van der Waals surface area (Å²) in [5.74, 6) is -3.24. The number of amides is 2. The highest BCUT2D eigenvalue weighted by Gasteiger charge is 2.52. The maximum atomic E-state index is 14.8. The summed E-state index contributed by atoms with van der Waals surface area (Å²) in [5, 5.41) is 3.11. The van der Waals surface area contributed by atoms with E-state index in [1.54, 1.807) is 4.90 Å². The molecule has 55 heavy (non-hydrogen) atoms. The number of ketones is 4. The summed E-state index contributed by atoms with van der Waals surface area (Å²) < 4.78 is 0. The van der Waals surface area contributed by atoms with Gasteiger partial charge in [0.2, 0.25) is 17.6 Å². The van der Waals surface area contributed by atoms with Crippen molar-refractivity contribution in [2.24, 2.45) is 35.0 Å². The highest BCUT2D eigenvalue weighted by Crippen LogP contribution is 2.44. The van der Waals surface area contributed by atoms with E-state index in [2.05, 4.69) is 21.4 Å². The summed E-state index contributed by atoms with van der Waals surface area (Å²) in [6.45, 7) is 12.1. The number of nitrogens with one attached hydrogen (secondary N) is 1. The zero-order valence-electron chi connectivity index (χ0n) is 33.9. The Bertz CT molecular complexity index is 1710. The van der Waals surface area contributed by atoms with Gasteiger partial charge in [0, 0.05) is 50.0 Å². The van der Waals surface area contributed by atoms with E-state index in [-0.39, 0.29) is 66.1 Å². The number of fused-ring (bicyclic) bond motifs is 1. The van der Waals surface area contributed by atoms with Gasteiger partial charge in [0.05, 0.1) is 12.2 Å². The van der Waals surface area contributed by atoms with E-state index >= 15 is 0 Å². The number of hydrogen-bond acceptors (Lipinski definition) is 8. The summed E-state index contributed by atoms with van der Waals surface area (Å²) in [5.41, 5.74) is 2.77. The first-order valence-electron chi connectivity index (χ1n) is 20.8. The minimum Gasteiger partial charge on any atom is -0.344 e. The molecule has 5 rings (SSSR count). The van der Waals surface area contributed by atoms with Crippen molar-refractivity contribution in [2.45, 2.75) is 144 Å². The summed E-state index contributed by atoms with van der Waals surface area (Å²) >= 11 is 0. The van der Waals surface area contributed by atoms with Gasteiger partial charge in [0.1, 0.15) is 11.7 Å². The Hall–Kier alpha value is -4.08. The lowest BCUT2D eigenvalue weighted by Crippen LogP contribution is -2.58. The molecule has 2 heterocycles. The van der Waals surface area contributed by atoms with E-state index in [4.69, 9.17) is 0 Å². The minimum absolute atomic E-state index is 0.00206. The van der Waals surface area contributed by atoms with Crippen molar-refractivity contribution in [3.63, 3.8) is 0 Å². The molecular formula is C45H62N4O6. The van der Waals surface area contributed by atoms with Crippen LogP contribution in [0.1, 0.15) is 138 Å². The number of benzene rings is 1. The molecule has 6 atom stereocenters. The molecule has 1 aromatic carbocycles. The Morgan fingerprint density at radius 2 is 1.67 bits per heavy atom. The molecule has 1 aromatic heterocycles. The zero-order valence-corrected chi connectivity index (χ0v) is 33.9. The van der Waals surface area contributed by atoms with Crippen molar-refractivity contribution in [1.29, 1.82) is 0 Å². The SMILES string of the molecule is CCC[C@H](CC(=O)[C@@H]1[C@H]2CCCC2CN1C(=O)[C@@H](NC(=O)[C@@H](CC(=O)c1cnccn1)C1CCCCC1)C(C)(C)C)C(=O)C(=O)CCc1ccc(C)cc1C. The number of hydrogen-bond donors (Lipinski definition) is 1. The van der Waals surface area contributed by atoms with Crippen LogP contribution in [0.2, 0.25) is 0 Å². The highest BCUT2D eigenvalue weighted by atomic mass is 16.2. The van der Waals surface area contributed by atoms with Gasteiger partial charge in [0.25, 0.3) is 0 Å². The zero-order chi connectivity index (χ0) is 39.9. The Morgan fingerprint density at radius 3 is 2.33 bits per heavy atom. The van der Waals surface area contributed by atoms with Crippen molar-refractivity contribution in [1.82, 2.24) is 20.2 Å². The van der Waals surface area contributed by atoms with Gasteiger partial charge in [0.15, 0.2) is 17.3 Å². The molecule has 298 valence electrons. The monoisotopic (exact) mass is 754 g/mol. The molecule has 10 nitrogen and oxygen atoms in total. The fourth-order valence-electron chi connectivity index (χ4n) is 9.53. The Morgan fingerprint density at radius 1 is 0.927 bits per heavy atom. The largest absolute Gasteiger partial charge is 0.344 e. The molecule has 3 aliphatic rings. The van der Waals surface area contributed by atoms with Gasteiger partial charge in [-0.25, -0.2) is 4.98 Å². The number of Topliss-reactive ketones (excluding diaryl/α,β-unsaturated/α-hetero) is 4. The van der Waals surface area contributed by atoms with Crippen LogP contribution >= 0.6 is 0 Å². The Kier molecular flexibility index (Phi) is 14.3. The average Bonchev–Trinajstić information content (AvgIpc) is 3.77. The van der Waals surface area contributed by atoms with Gasteiger partial charge in [-0.3, -0.25) is 33.8 Å². The van der Waals surface area contributed by atoms with Crippen molar-refractivity contribution in [2.75, 3.05) is 6.54 Å². The van der Waals surface area contributed by atoms with E-state index in [1.807, 2.05) is 53.7 Å². The molecule has 2 amide bonds. The van der Waals surface area contributed by atoms with Gasteiger partial charge < -0.3 is 10.2 Å². The summed E-state index contributed by atoms with van der Waals surface area (Å²) in [6.07, 6.45) is 13.3. The molecule has 1 N–H and O–H groups in total. The molecule has 2 aliphatic carbocycles. The molecule has 0 radical (unpaired) electrons. The second-order valence-electron chi connectivity index (χ2n) is 17.7. The first-order chi connectivity index (χ1) is 26.2. The number of aromatic nitrogens is 2.